The Balaban J connectivity index is 2.39. The molecule has 2 rings (SSSR count). The Bertz CT molecular complexity index is 813. The van der Waals surface area contributed by atoms with Crippen LogP contribution in [0, 0.1) is 12.3 Å². The van der Waals surface area contributed by atoms with Crippen LogP contribution in [-0.4, -0.2) is 25.9 Å². The van der Waals surface area contributed by atoms with Crippen molar-refractivity contribution in [2.75, 3.05) is 0 Å². The zero-order valence-electron chi connectivity index (χ0n) is 13.3. The summed E-state index contributed by atoms with van der Waals surface area (Å²) in [6, 6.07) is 2.35. The maximum atomic E-state index is 12.5. The number of amides is 1. The Morgan fingerprint density at radius 3 is 2.50 bits per heavy atom. The van der Waals surface area contributed by atoms with Crippen LogP contribution in [0.25, 0.3) is 0 Å². The van der Waals surface area contributed by atoms with Gasteiger partial charge in [-0.2, -0.15) is 0 Å². The number of nitrogens with one attached hydrogen (secondary N) is 2. The molecule has 5 nitrogen and oxygen atoms in total. The fourth-order valence-corrected chi connectivity index (χ4v) is 4.10. The molecule has 1 fully saturated rings. The number of sulfonamides is 1. The zero-order valence-corrected chi connectivity index (χ0v) is 15.6. The van der Waals surface area contributed by atoms with Crippen molar-refractivity contribution in [2.24, 2.45) is 0 Å². The molecule has 8 heteroatoms. The van der Waals surface area contributed by atoms with E-state index in [1.165, 1.54) is 12.1 Å². The van der Waals surface area contributed by atoms with E-state index in [2.05, 4.69) is 16.0 Å². The van der Waals surface area contributed by atoms with Crippen molar-refractivity contribution >= 4 is 39.1 Å². The van der Waals surface area contributed by atoms with Gasteiger partial charge in [0.2, 0.25) is 10.0 Å². The highest BCUT2D eigenvalue weighted by Crippen LogP contribution is 2.31. The maximum absolute atomic E-state index is 12.5. The van der Waals surface area contributed by atoms with E-state index < -0.39 is 21.5 Å². The maximum Gasteiger partial charge on any atom is 0.254 e. The van der Waals surface area contributed by atoms with E-state index >= 15 is 0 Å². The van der Waals surface area contributed by atoms with Gasteiger partial charge in [-0.05, 0) is 38.3 Å². The molecule has 1 atom stereocenters. The normalized spacial score (nSPS) is 17.0. The van der Waals surface area contributed by atoms with Gasteiger partial charge in [0.05, 0.1) is 21.1 Å². The SMILES string of the molecule is C#C[C@](C)(CC)NC(=O)c1cc(S(=O)(=O)NC2CC2)c(Cl)cc1Cl. The average molecular weight is 389 g/mol. The second-order valence-electron chi connectivity index (χ2n) is 5.94. The molecule has 130 valence electrons. The van der Waals surface area contributed by atoms with Crippen LogP contribution in [0.2, 0.25) is 10.0 Å². The molecule has 0 unspecified atom stereocenters. The molecular formula is C16H18Cl2N2O3S. The topological polar surface area (TPSA) is 75.3 Å². The smallest absolute Gasteiger partial charge is 0.254 e. The lowest BCUT2D eigenvalue weighted by atomic mass is 9.99. The molecule has 24 heavy (non-hydrogen) atoms. The van der Waals surface area contributed by atoms with Crippen molar-refractivity contribution in [2.45, 2.75) is 49.6 Å². The zero-order chi connectivity index (χ0) is 18.1. The first-order valence-electron chi connectivity index (χ1n) is 7.43. The van der Waals surface area contributed by atoms with Crippen LogP contribution in [-0.2, 0) is 10.0 Å². The summed E-state index contributed by atoms with van der Waals surface area (Å²) >= 11 is 12.1. The molecule has 1 aliphatic carbocycles. The molecule has 0 spiro atoms. The fourth-order valence-electron chi connectivity index (χ4n) is 1.94. The van der Waals surface area contributed by atoms with Crippen LogP contribution in [0.5, 0.6) is 0 Å². The first-order valence-corrected chi connectivity index (χ1v) is 9.67. The Kier molecular flexibility index (Phi) is 5.50. The van der Waals surface area contributed by atoms with Gasteiger partial charge in [0.1, 0.15) is 4.90 Å². The molecule has 1 aromatic rings. The number of carbonyl (C=O) groups excluding carboxylic acids is 1. The third-order valence-corrected chi connectivity index (χ3v) is 6.17. The Labute approximate surface area is 152 Å². The summed E-state index contributed by atoms with van der Waals surface area (Å²) in [6.45, 7) is 3.53. The van der Waals surface area contributed by atoms with E-state index in [1.807, 2.05) is 6.92 Å². The van der Waals surface area contributed by atoms with Gasteiger partial charge in [0.25, 0.3) is 5.91 Å². The summed E-state index contributed by atoms with van der Waals surface area (Å²) in [5.74, 6) is 1.95. The van der Waals surface area contributed by atoms with Crippen LogP contribution >= 0.6 is 23.2 Å². The highest BCUT2D eigenvalue weighted by molar-refractivity contribution is 7.89. The van der Waals surface area contributed by atoms with E-state index in [4.69, 9.17) is 29.6 Å². The Morgan fingerprint density at radius 1 is 1.38 bits per heavy atom. The molecule has 1 aliphatic rings. The lowest BCUT2D eigenvalue weighted by molar-refractivity contribution is 0.0923. The molecular weight excluding hydrogens is 371 g/mol. The van der Waals surface area contributed by atoms with Crippen molar-refractivity contribution in [1.82, 2.24) is 10.0 Å². The predicted octanol–water partition coefficient (Wildman–Crippen LogP) is 2.97. The summed E-state index contributed by atoms with van der Waals surface area (Å²) in [5.41, 5.74) is -0.849. The van der Waals surface area contributed by atoms with Crippen LogP contribution < -0.4 is 10.0 Å². The molecule has 1 saturated carbocycles. The quantitative estimate of drug-likeness (QED) is 0.735. The standard InChI is InChI=1S/C16H18Cl2N2O3S/c1-4-16(3,5-2)19-15(21)11-8-14(13(18)9-12(11)17)24(22,23)20-10-6-7-10/h1,8-10,20H,5-7H2,2-3H3,(H,19,21)/t16-/m1/s1. The molecule has 0 saturated heterocycles. The summed E-state index contributed by atoms with van der Waals surface area (Å²) in [4.78, 5) is 12.3. The molecule has 0 heterocycles. The minimum Gasteiger partial charge on any atom is -0.336 e. The lowest BCUT2D eigenvalue weighted by Gasteiger charge is -2.24. The van der Waals surface area contributed by atoms with Gasteiger partial charge >= 0.3 is 0 Å². The van der Waals surface area contributed by atoms with E-state index in [9.17, 15) is 13.2 Å². The van der Waals surface area contributed by atoms with Crippen LogP contribution in [0.15, 0.2) is 17.0 Å². The summed E-state index contributed by atoms with van der Waals surface area (Å²) in [7, 11) is -3.82. The number of terminal acetylenes is 1. The fraction of sp³-hybridized carbons (Fsp3) is 0.438. The first-order chi connectivity index (χ1) is 11.1. The average Bonchev–Trinajstić information content (AvgIpc) is 3.29. The first kappa shape index (κ1) is 19.1. The van der Waals surface area contributed by atoms with Crippen molar-refractivity contribution in [3.8, 4) is 12.3 Å². The van der Waals surface area contributed by atoms with Crippen molar-refractivity contribution < 1.29 is 13.2 Å². The van der Waals surface area contributed by atoms with Gasteiger partial charge in [-0.3, -0.25) is 4.79 Å². The highest BCUT2D eigenvalue weighted by Gasteiger charge is 2.31. The van der Waals surface area contributed by atoms with Crippen LogP contribution in [0.3, 0.4) is 0 Å². The van der Waals surface area contributed by atoms with Gasteiger partial charge in [-0.1, -0.05) is 36.0 Å². The van der Waals surface area contributed by atoms with Gasteiger partial charge in [-0.25, -0.2) is 13.1 Å². The second kappa shape index (κ2) is 6.93. The minimum atomic E-state index is -3.82. The van der Waals surface area contributed by atoms with Crippen LogP contribution in [0.1, 0.15) is 43.5 Å². The predicted molar refractivity (Wildman–Crippen MR) is 94.8 cm³/mol. The molecule has 0 aromatic heterocycles. The lowest BCUT2D eigenvalue weighted by Crippen LogP contribution is -2.44. The molecule has 1 aromatic carbocycles. The van der Waals surface area contributed by atoms with Gasteiger partial charge < -0.3 is 5.32 Å². The van der Waals surface area contributed by atoms with Gasteiger partial charge in [0.15, 0.2) is 0 Å². The van der Waals surface area contributed by atoms with Gasteiger partial charge in [0, 0.05) is 6.04 Å². The van der Waals surface area contributed by atoms with E-state index in [0.717, 1.165) is 12.8 Å². The molecule has 1 amide bonds. The van der Waals surface area contributed by atoms with Crippen molar-refractivity contribution in [1.29, 1.82) is 0 Å². The van der Waals surface area contributed by atoms with E-state index in [0.29, 0.717) is 6.42 Å². The molecule has 2 N–H and O–H groups in total. The number of hydrogen-bond donors (Lipinski definition) is 2. The summed E-state index contributed by atoms with van der Waals surface area (Å²) in [6.07, 6.45) is 7.52. The van der Waals surface area contributed by atoms with E-state index in [1.54, 1.807) is 6.92 Å². The van der Waals surface area contributed by atoms with Crippen LogP contribution in [0.4, 0.5) is 0 Å². The molecule has 0 bridgehead atoms. The summed E-state index contributed by atoms with van der Waals surface area (Å²) < 4.78 is 27.3. The number of carbonyl (C=O) groups is 1. The third-order valence-electron chi connectivity index (χ3n) is 3.87. The number of halogens is 2. The monoisotopic (exact) mass is 388 g/mol. The highest BCUT2D eigenvalue weighted by atomic mass is 35.5. The minimum absolute atomic E-state index is 0.00663. The van der Waals surface area contributed by atoms with Crippen molar-refractivity contribution in [3.05, 3.63) is 27.7 Å². The summed E-state index contributed by atoms with van der Waals surface area (Å²) in [5, 5.41) is 2.70. The number of hydrogen-bond acceptors (Lipinski definition) is 3. The largest absolute Gasteiger partial charge is 0.336 e. The van der Waals surface area contributed by atoms with Crippen molar-refractivity contribution in [3.63, 3.8) is 0 Å². The van der Waals surface area contributed by atoms with Gasteiger partial charge in [-0.15, -0.1) is 6.42 Å². The number of rotatable bonds is 6. The second-order valence-corrected chi connectivity index (χ2v) is 8.44. The molecule has 0 aliphatic heterocycles. The van der Waals surface area contributed by atoms with E-state index in [-0.39, 0.29) is 26.5 Å². The third kappa shape index (κ3) is 4.22. The number of benzene rings is 1. The Hall–Kier alpha value is -1.26. The molecule has 0 radical (unpaired) electrons. The Morgan fingerprint density at radius 2 is 2.00 bits per heavy atom.